The maximum atomic E-state index is 11.7. The molecule has 0 spiro atoms. The average molecular weight is 456 g/mol. The fourth-order valence-electron chi connectivity index (χ4n) is 4.06. The molecule has 1 aromatic carbocycles. The zero-order valence-electron chi connectivity index (χ0n) is 17.8. The lowest BCUT2D eigenvalue weighted by Crippen LogP contribution is -2.48. The standard InChI is InChI=1S/C22H25N5O4S/c1-32(28,29)27-11-9-26(10-12-27)17-4-2-16(3-5-17)19-14-20-21(24-8-7-23-20)22(25-19)31-18-6-13-30-15-18/h2-5,7-8,14,18H,6,9-13,15H2,1H3/t18-/m1/s1. The van der Waals surface area contributed by atoms with Gasteiger partial charge < -0.3 is 14.4 Å². The van der Waals surface area contributed by atoms with E-state index in [-0.39, 0.29) is 6.10 Å². The predicted molar refractivity (Wildman–Crippen MR) is 121 cm³/mol. The van der Waals surface area contributed by atoms with E-state index in [2.05, 4.69) is 14.9 Å². The molecule has 4 heterocycles. The van der Waals surface area contributed by atoms with E-state index in [1.54, 1.807) is 12.4 Å². The van der Waals surface area contributed by atoms with Crippen LogP contribution in [0, 0.1) is 0 Å². The monoisotopic (exact) mass is 455 g/mol. The molecule has 0 radical (unpaired) electrons. The van der Waals surface area contributed by atoms with Crippen LogP contribution in [0.5, 0.6) is 5.88 Å². The third-order valence-corrected chi connectivity index (χ3v) is 7.13. The summed E-state index contributed by atoms with van der Waals surface area (Å²) in [5, 5.41) is 0. The number of piperazine rings is 1. The molecule has 168 valence electrons. The van der Waals surface area contributed by atoms with Crippen LogP contribution in [0.4, 0.5) is 5.69 Å². The Bertz CT molecular complexity index is 1200. The van der Waals surface area contributed by atoms with Crippen LogP contribution in [0.1, 0.15) is 6.42 Å². The summed E-state index contributed by atoms with van der Waals surface area (Å²) in [4.78, 5) is 15.8. The Balaban J connectivity index is 1.38. The van der Waals surface area contributed by atoms with E-state index in [9.17, 15) is 8.42 Å². The normalized spacial score (nSPS) is 20.0. The van der Waals surface area contributed by atoms with Crippen molar-refractivity contribution in [3.63, 3.8) is 0 Å². The molecule has 0 bridgehead atoms. The third-order valence-electron chi connectivity index (χ3n) is 5.83. The minimum Gasteiger partial charge on any atom is -0.470 e. The number of sulfonamides is 1. The maximum Gasteiger partial charge on any atom is 0.243 e. The SMILES string of the molecule is CS(=O)(=O)N1CCN(c2ccc(-c3cc4nccnc4c(O[C@@H]4CCOC4)n3)cc2)CC1. The van der Waals surface area contributed by atoms with E-state index in [1.165, 1.54) is 10.6 Å². The summed E-state index contributed by atoms with van der Waals surface area (Å²) in [6.07, 6.45) is 5.36. The number of fused-ring (bicyclic) bond motifs is 1. The van der Waals surface area contributed by atoms with Crippen molar-refractivity contribution >= 4 is 26.7 Å². The van der Waals surface area contributed by atoms with Crippen LogP contribution >= 0.6 is 0 Å². The largest absolute Gasteiger partial charge is 0.470 e. The van der Waals surface area contributed by atoms with Gasteiger partial charge in [0, 0.05) is 56.2 Å². The van der Waals surface area contributed by atoms with Gasteiger partial charge in [-0.15, -0.1) is 0 Å². The molecule has 3 aromatic rings. The molecule has 0 N–H and O–H groups in total. The molecule has 32 heavy (non-hydrogen) atoms. The first-order valence-electron chi connectivity index (χ1n) is 10.6. The Hall–Kier alpha value is -2.82. The topological polar surface area (TPSA) is 97.8 Å². The van der Waals surface area contributed by atoms with E-state index in [0.29, 0.717) is 50.8 Å². The van der Waals surface area contributed by atoms with E-state index >= 15 is 0 Å². The smallest absolute Gasteiger partial charge is 0.243 e. The quantitative estimate of drug-likeness (QED) is 0.576. The number of ether oxygens (including phenoxy) is 2. The van der Waals surface area contributed by atoms with Gasteiger partial charge in [-0.1, -0.05) is 12.1 Å². The first-order valence-corrected chi connectivity index (χ1v) is 12.5. The number of nitrogens with zero attached hydrogens (tertiary/aromatic N) is 5. The van der Waals surface area contributed by atoms with Gasteiger partial charge in [-0.3, -0.25) is 4.98 Å². The van der Waals surface area contributed by atoms with Crippen LogP contribution in [0.15, 0.2) is 42.7 Å². The van der Waals surface area contributed by atoms with Crippen molar-refractivity contribution in [1.82, 2.24) is 19.3 Å². The minimum atomic E-state index is -3.14. The highest BCUT2D eigenvalue weighted by atomic mass is 32.2. The molecular weight excluding hydrogens is 430 g/mol. The molecule has 0 amide bonds. The van der Waals surface area contributed by atoms with Gasteiger partial charge in [-0.25, -0.2) is 18.4 Å². The zero-order valence-corrected chi connectivity index (χ0v) is 18.7. The number of anilines is 1. The summed E-state index contributed by atoms with van der Waals surface area (Å²) in [5.41, 5.74) is 4.14. The van der Waals surface area contributed by atoms with Crippen molar-refractivity contribution in [2.45, 2.75) is 12.5 Å². The van der Waals surface area contributed by atoms with E-state index in [0.717, 1.165) is 28.9 Å². The van der Waals surface area contributed by atoms with Gasteiger partial charge in [0.05, 0.1) is 30.7 Å². The molecule has 2 aliphatic rings. The molecule has 2 aliphatic heterocycles. The molecule has 10 heteroatoms. The van der Waals surface area contributed by atoms with Gasteiger partial charge >= 0.3 is 0 Å². The van der Waals surface area contributed by atoms with Crippen LogP contribution in [-0.4, -0.2) is 79.4 Å². The summed E-state index contributed by atoms with van der Waals surface area (Å²) in [6.45, 7) is 3.56. The highest BCUT2D eigenvalue weighted by molar-refractivity contribution is 7.88. The summed E-state index contributed by atoms with van der Waals surface area (Å²) < 4.78 is 36.5. The molecule has 0 aliphatic carbocycles. The van der Waals surface area contributed by atoms with Gasteiger partial charge in [0.2, 0.25) is 15.9 Å². The molecule has 9 nitrogen and oxygen atoms in total. The average Bonchev–Trinajstić information content (AvgIpc) is 3.32. The van der Waals surface area contributed by atoms with Gasteiger partial charge in [0.15, 0.2) is 5.52 Å². The van der Waals surface area contributed by atoms with Crippen LogP contribution < -0.4 is 9.64 Å². The van der Waals surface area contributed by atoms with Crippen LogP contribution in [0.25, 0.3) is 22.3 Å². The first-order chi connectivity index (χ1) is 15.5. The fourth-order valence-corrected chi connectivity index (χ4v) is 4.88. The molecule has 1 atom stereocenters. The highest BCUT2D eigenvalue weighted by Gasteiger charge is 2.24. The maximum absolute atomic E-state index is 11.7. The Kier molecular flexibility index (Phi) is 5.66. The lowest BCUT2D eigenvalue weighted by molar-refractivity contribution is 0.139. The zero-order chi connectivity index (χ0) is 22.1. The van der Waals surface area contributed by atoms with Crippen molar-refractivity contribution in [2.75, 3.05) is 50.5 Å². The van der Waals surface area contributed by atoms with E-state index in [1.807, 2.05) is 30.3 Å². The molecule has 2 fully saturated rings. The van der Waals surface area contributed by atoms with Gasteiger partial charge in [0.1, 0.15) is 6.10 Å². The number of hydrogen-bond donors (Lipinski definition) is 0. The number of pyridine rings is 1. The second kappa shape index (κ2) is 8.61. The molecule has 2 aromatic heterocycles. The Morgan fingerprint density at radius 2 is 1.81 bits per heavy atom. The summed E-state index contributed by atoms with van der Waals surface area (Å²) in [5.74, 6) is 0.474. The Labute approximate surface area is 187 Å². The Morgan fingerprint density at radius 1 is 1.06 bits per heavy atom. The lowest BCUT2D eigenvalue weighted by Gasteiger charge is -2.34. The number of hydrogen-bond acceptors (Lipinski definition) is 8. The van der Waals surface area contributed by atoms with Crippen molar-refractivity contribution in [3.8, 4) is 17.1 Å². The molecule has 5 rings (SSSR count). The van der Waals surface area contributed by atoms with E-state index in [4.69, 9.17) is 14.5 Å². The van der Waals surface area contributed by atoms with Crippen molar-refractivity contribution in [1.29, 1.82) is 0 Å². The summed E-state index contributed by atoms with van der Waals surface area (Å²) in [6, 6.07) is 10.0. The molecule has 2 saturated heterocycles. The number of aromatic nitrogens is 3. The van der Waals surface area contributed by atoms with Gasteiger partial charge in [0.25, 0.3) is 0 Å². The van der Waals surface area contributed by atoms with Crippen molar-refractivity contribution in [3.05, 3.63) is 42.7 Å². The molecule has 0 saturated carbocycles. The second-order valence-corrected chi connectivity index (χ2v) is 10.0. The summed E-state index contributed by atoms with van der Waals surface area (Å²) >= 11 is 0. The van der Waals surface area contributed by atoms with Crippen LogP contribution in [0.3, 0.4) is 0 Å². The predicted octanol–water partition coefficient (Wildman–Crippen LogP) is 1.94. The van der Waals surface area contributed by atoms with Crippen LogP contribution in [0.2, 0.25) is 0 Å². The third kappa shape index (κ3) is 4.38. The van der Waals surface area contributed by atoms with Gasteiger partial charge in [-0.2, -0.15) is 4.31 Å². The summed E-state index contributed by atoms with van der Waals surface area (Å²) in [7, 11) is -3.14. The van der Waals surface area contributed by atoms with Crippen molar-refractivity contribution < 1.29 is 17.9 Å². The highest BCUT2D eigenvalue weighted by Crippen LogP contribution is 2.29. The van der Waals surface area contributed by atoms with Crippen LogP contribution in [-0.2, 0) is 14.8 Å². The first kappa shape index (κ1) is 21.0. The van der Waals surface area contributed by atoms with E-state index < -0.39 is 10.0 Å². The van der Waals surface area contributed by atoms with Gasteiger partial charge in [-0.05, 0) is 18.2 Å². The minimum absolute atomic E-state index is 0.0315. The molecular formula is C22H25N5O4S. The Morgan fingerprint density at radius 3 is 2.50 bits per heavy atom. The van der Waals surface area contributed by atoms with Crippen molar-refractivity contribution in [2.24, 2.45) is 0 Å². The number of rotatable bonds is 5. The fraction of sp³-hybridized carbons (Fsp3) is 0.409. The number of benzene rings is 1. The molecule has 0 unspecified atom stereocenters. The lowest BCUT2D eigenvalue weighted by atomic mass is 10.1. The second-order valence-electron chi connectivity index (χ2n) is 8.04.